The number of aryl methyl sites for hydroxylation is 5. The summed E-state index contributed by atoms with van der Waals surface area (Å²) in [6.07, 6.45) is 3.34. The molecular weight excluding hydrogens is 326 g/mol. The van der Waals surface area contributed by atoms with Crippen LogP contribution in [0, 0.1) is 27.7 Å². The van der Waals surface area contributed by atoms with E-state index >= 15 is 0 Å². The van der Waals surface area contributed by atoms with Gasteiger partial charge >= 0.3 is 0 Å². The van der Waals surface area contributed by atoms with Crippen LogP contribution in [-0.2, 0) is 7.05 Å². The van der Waals surface area contributed by atoms with Crippen molar-refractivity contribution in [2.24, 2.45) is 7.05 Å². The molecule has 0 bridgehead atoms. The molecule has 0 aliphatic rings. The van der Waals surface area contributed by atoms with Crippen LogP contribution in [0.5, 0.6) is 0 Å². The van der Waals surface area contributed by atoms with E-state index in [1.54, 1.807) is 0 Å². The van der Waals surface area contributed by atoms with Gasteiger partial charge in [0, 0.05) is 24.1 Å². The maximum atomic E-state index is 4.83. The van der Waals surface area contributed by atoms with E-state index in [-0.39, 0.29) is 0 Å². The van der Waals surface area contributed by atoms with E-state index in [4.69, 9.17) is 9.97 Å². The van der Waals surface area contributed by atoms with Crippen LogP contribution in [-0.4, -0.2) is 19.8 Å². The molecule has 3 aromatic rings. The van der Waals surface area contributed by atoms with Crippen molar-refractivity contribution in [3.63, 3.8) is 0 Å². The van der Waals surface area contributed by atoms with Gasteiger partial charge in [0.25, 0.3) is 0 Å². The number of aromatic nitrogens is 3. The van der Waals surface area contributed by atoms with Crippen LogP contribution < -0.4 is 0 Å². The van der Waals surface area contributed by atoms with Crippen LogP contribution >= 0.6 is 11.8 Å². The number of fused-ring (bicyclic) bond motifs is 1. The van der Waals surface area contributed by atoms with Gasteiger partial charge in [-0.2, -0.15) is 0 Å². The summed E-state index contributed by atoms with van der Waals surface area (Å²) in [7, 11) is 2.10. The van der Waals surface area contributed by atoms with E-state index in [9.17, 15) is 0 Å². The lowest BCUT2D eigenvalue weighted by molar-refractivity contribution is 0.887. The number of nitrogens with zero attached hydrogens (tertiary/aromatic N) is 3. The number of hydrogen-bond donors (Lipinski definition) is 0. The van der Waals surface area contributed by atoms with Crippen molar-refractivity contribution in [2.45, 2.75) is 58.2 Å². The fraction of sp³-hybridized carbons (Fsp3) is 0.429. The van der Waals surface area contributed by atoms with Gasteiger partial charge in [0.05, 0.1) is 0 Å². The zero-order chi connectivity index (χ0) is 18.3. The Morgan fingerprint density at radius 2 is 1.72 bits per heavy atom. The second-order valence-corrected chi connectivity index (χ2v) is 8.46. The minimum absolute atomic E-state index is 0.540. The van der Waals surface area contributed by atoms with Gasteiger partial charge in [-0.1, -0.05) is 31.5 Å². The van der Waals surface area contributed by atoms with Gasteiger partial charge in [-0.15, -0.1) is 11.8 Å². The molecule has 2 heterocycles. The van der Waals surface area contributed by atoms with Gasteiger partial charge in [0.15, 0.2) is 0 Å². The quantitative estimate of drug-likeness (QED) is 0.441. The van der Waals surface area contributed by atoms with Crippen molar-refractivity contribution in [3.8, 4) is 11.1 Å². The highest BCUT2D eigenvalue weighted by molar-refractivity contribution is 8.00. The molecule has 0 amide bonds. The molecule has 1 atom stereocenters. The molecule has 1 unspecified atom stereocenters. The summed E-state index contributed by atoms with van der Waals surface area (Å²) in [5, 5.41) is 1.63. The first-order valence-corrected chi connectivity index (χ1v) is 9.78. The molecule has 0 radical (unpaired) electrons. The SMILES string of the molecule is CCC(C)Sc1nc(C)nc2c(-c3c(C)cc(C)cc3C)cn(C)c12. The van der Waals surface area contributed by atoms with Gasteiger partial charge in [-0.3, -0.25) is 0 Å². The first-order chi connectivity index (χ1) is 11.8. The number of hydrogen-bond acceptors (Lipinski definition) is 3. The Morgan fingerprint density at radius 1 is 1.08 bits per heavy atom. The standard InChI is InChI=1S/C21H27N3S/c1-8-15(5)25-21-20-19(22-16(6)23-21)17(11-24(20)7)18-13(3)9-12(2)10-14(18)4/h9-11,15H,8H2,1-7H3. The van der Waals surface area contributed by atoms with Crippen LogP contribution in [0.15, 0.2) is 23.4 Å². The third-order valence-corrected chi connectivity index (χ3v) is 5.97. The normalized spacial score (nSPS) is 12.8. The fourth-order valence-corrected chi connectivity index (χ4v) is 4.59. The molecule has 0 spiro atoms. The van der Waals surface area contributed by atoms with Crippen LogP contribution in [0.3, 0.4) is 0 Å². The van der Waals surface area contributed by atoms with Gasteiger partial charge in [-0.25, -0.2) is 9.97 Å². The number of thioether (sulfide) groups is 1. The summed E-state index contributed by atoms with van der Waals surface area (Å²) in [6.45, 7) is 13.0. The molecular formula is C21H27N3S. The average Bonchev–Trinajstić information content (AvgIpc) is 2.82. The molecule has 0 aliphatic carbocycles. The third-order valence-electron chi connectivity index (χ3n) is 4.73. The molecule has 25 heavy (non-hydrogen) atoms. The van der Waals surface area contributed by atoms with E-state index in [1.807, 2.05) is 18.7 Å². The second kappa shape index (κ2) is 6.83. The Labute approximate surface area is 154 Å². The monoisotopic (exact) mass is 353 g/mol. The summed E-state index contributed by atoms with van der Waals surface area (Å²) >= 11 is 1.85. The van der Waals surface area contributed by atoms with E-state index in [1.165, 1.54) is 27.8 Å². The minimum atomic E-state index is 0.540. The van der Waals surface area contributed by atoms with Gasteiger partial charge < -0.3 is 4.57 Å². The van der Waals surface area contributed by atoms with Crippen molar-refractivity contribution in [3.05, 3.63) is 40.8 Å². The van der Waals surface area contributed by atoms with Crippen molar-refractivity contribution in [2.75, 3.05) is 0 Å². The maximum absolute atomic E-state index is 4.83. The van der Waals surface area contributed by atoms with Crippen LogP contribution in [0.1, 0.15) is 42.8 Å². The molecule has 3 rings (SSSR count). The van der Waals surface area contributed by atoms with Crippen molar-refractivity contribution < 1.29 is 0 Å². The van der Waals surface area contributed by atoms with Gasteiger partial charge in [0.1, 0.15) is 21.9 Å². The predicted molar refractivity (Wildman–Crippen MR) is 109 cm³/mol. The second-order valence-electron chi connectivity index (χ2n) is 7.04. The molecule has 0 saturated heterocycles. The summed E-state index contributed by atoms with van der Waals surface area (Å²) in [4.78, 5) is 9.57. The Balaban J connectivity index is 2.29. The predicted octanol–water partition coefficient (Wildman–Crippen LogP) is 5.76. The highest BCUT2D eigenvalue weighted by atomic mass is 32.2. The van der Waals surface area contributed by atoms with Crippen molar-refractivity contribution in [1.29, 1.82) is 0 Å². The van der Waals surface area contributed by atoms with Crippen LogP contribution in [0.2, 0.25) is 0 Å². The molecule has 3 nitrogen and oxygen atoms in total. The minimum Gasteiger partial charge on any atom is -0.346 e. The first kappa shape index (κ1) is 18.0. The fourth-order valence-electron chi connectivity index (χ4n) is 3.51. The van der Waals surface area contributed by atoms with Gasteiger partial charge in [0.2, 0.25) is 0 Å². The Bertz CT molecular complexity index is 917. The topological polar surface area (TPSA) is 30.7 Å². The molecule has 4 heteroatoms. The molecule has 0 N–H and O–H groups in total. The Hall–Kier alpha value is -1.81. The molecule has 0 saturated carbocycles. The lowest BCUT2D eigenvalue weighted by Gasteiger charge is -2.12. The molecule has 0 aliphatic heterocycles. The molecule has 0 fully saturated rings. The van der Waals surface area contributed by atoms with E-state index in [2.05, 4.69) is 64.6 Å². The van der Waals surface area contributed by atoms with Crippen LogP contribution in [0.25, 0.3) is 22.2 Å². The Morgan fingerprint density at radius 3 is 2.32 bits per heavy atom. The van der Waals surface area contributed by atoms with Crippen molar-refractivity contribution in [1.82, 2.24) is 14.5 Å². The Kier molecular flexibility index (Phi) is 4.92. The average molecular weight is 354 g/mol. The molecule has 2 aromatic heterocycles. The maximum Gasteiger partial charge on any atom is 0.127 e. The van der Waals surface area contributed by atoms with E-state index < -0.39 is 0 Å². The highest BCUT2D eigenvalue weighted by Crippen LogP contribution is 2.38. The van der Waals surface area contributed by atoms with Crippen LogP contribution in [0.4, 0.5) is 0 Å². The number of rotatable bonds is 4. The van der Waals surface area contributed by atoms with E-state index in [0.717, 1.165) is 28.3 Å². The summed E-state index contributed by atoms with van der Waals surface area (Å²) < 4.78 is 2.19. The summed E-state index contributed by atoms with van der Waals surface area (Å²) in [5.41, 5.74) is 8.63. The summed E-state index contributed by atoms with van der Waals surface area (Å²) in [5.74, 6) is 0.841. The lowest BCUT2D eigenvalue weighted by atomic mass is 9.95. The lowest BCUT2D eigenvalue weighted by Crippen LogP contribution is -2.00. The largest absolute Gasteiger partial charge is 0.346 e. The van der Waals surface area contributed by atoms with Crippen molar-refractivity contribution >= 4 is 22.8 Å². The number of benzene rings is 1. The molecule has 1 aromatic carbocycles. The third kappa shape index (κ3) is 3.32. The van der Waals surface area contributed by atoms with E-state index in [0.29, 0.717) is 5.25 Å². The summed E-state index contributed by atoms with van der Waals surface area (Å²) in [6, 6.07) is 4.51. The molecule has 132 valence electrons. The first-order valence-electron chi connectivity index (χ1n) is 8.90. The highest BCUT2D eigenvalue weighted by Gasteiger charge is 2.19. The van der Waals surface area contributed by atoms with Gasteiger partial charge in [-0.05, 0) is 50.8 Å². The zero-order valence-corrected chi connectivity index (χ0v) is 17.1. The zero-order valence-electron chi connectivity index (χ0n) is 16.3. The smallest absolute Gasteiger partial charge is 0.127 e.